The fraction of sp³-hybridized carbons (Fsp3) is 0.571. The summed E-state index contributed by atoms with van der Waals surface area (Å²) < 4.78 is 13.3. The second-order valence-electron chi connectivity index (χ2n) is 4.66. The van der Waals surface area contributed by atoms with Crippen LogP contribution in [0.4, 0.5) is 0 Å². The van der Waals surface area contributed by atoms with E-state index < -0.39 is 30.5 Å². The monoisotopic (exact) mass is 298 g/mol. The van der Waals surface area contributed by atoms with E-state index in [1.807, 2.05) is 0 Å². The van der Waals surface area contributed by atoms with Crippen LogP contribution in [0, 0.1) is 5.92 Å². The van der Waals surface area contributed by atoms with Gasteiger partial charge >= 0.3 is 23.9 Å². The molecule has 0 unspecified atom stereocenters. The summed E-state index contributed by atoms with van der Waals surface area (Å²) in [6.45, 7) is -0.680. The van der Waals surface area contributed by atoms with E-state index in [1.54, 1.807) is 0 Å². The molecule has 1 fully saturated rings. The van der Waals surface area contributed by atoms with E-state index >= 15 is 0 Å². The highest BCUT2D eigenvalue weighted by Gasteiger charge is 2.21. The predicted octanol–water partition coefficient (Wildman–Crippen LogP) is 0.909. The molecule has 0 amide bonds. The Bertz CT molecular complexity index is 433. The molecule has 116 valence electrons. The molecular weight excluding hydrogens is 280 g/mol. The molecule has 7 heteroatoms. The third kappa shape index (κ3) is 7.24. The normalized spacial score (nSPS) is 14.9. The summed E-state index contributed by atoms with van der Waals surface area (Å²) in [6, 6.07) is 0. The van der Waals surface area contributed by atoms with Crippen LogP contribution >= 0.6 is 0 Å². The zero-order chi connectivity index (χ0) is 15.7. The number of rotatable bonds is 6. The number of esters is 4. The Morgan fingerprint density at radius 2 is 1.62 bits per heavy atom. The number of methoxy groups -OCH3 is 1. The van der Waals surface area contributed by atoms with Crippen LogP contribution in [0.1, 0.15) is 32.1 Å². The number of ether oxygens (including phenoxy) is 3. The van der Waals surface area contributed by atoms with Gasteiger partial charge in [0.1, 0.15) is 0 Å². The van der Waals surface area contributed by atoms with E-state index in [-0.39, 0.29) is 12.3 Å². The SMILES string of the molecule is COC(=O)/C=C\C(=O)OCC(=O)OC(=O)CC1CCCC1. The number of hydrogen-bond acceptors (Lipinski definition) is 7. The zero-order valence-electron chi connectivity index (χ0n) is 11.8. The Kier molecular flexibility index (Phi) is 7.14. The van der Waals surface area contributed by atoms with Gasteiger partial charge in [0, 0.05) is 18.6 Å². The van der Waals surface area contributed by atoms with Gasteiger partial charge < -0.3 is 14.2 Å². The minimum absolute atomic E-state index is 0.210. The van der Waals surface area contributed by atoms with Crippen LogP contribution in [0.2, 0.25) is 0 Å². The van der Waals surface area contributed by atoms with Crippen molar-refractivity contribution < 1.29 is 33.4 Å². The first kappa shape index (κ1) is 16.9. The van der Waals surface area contributed by atoms with Crippen molar-refractivity contribution in [2.45, 2.75) is 32.1 Å². The van der Waals surface area contributed by atoms with Gasteiger partial charge in [0.15, 0.2) is 6.61 Å². The van der Waals surface area contributed by atoms with Crippen molar-refractivity contribution in [3.05, 3.63) is 12.2 Å². The molecule has 21 heavy (non-hydrogen) atoms. The van der Waals surface area contributed by atoms with E-state index in [2.05, 4.69) is 14.2 Å². The molecule has 1 saturated carbocycles. The van der Waals surface area contributed by atoms with Crippen molar-refractivity contribution in [3.63, 3.8) is 0 Å². The van der Waals surface area contributed by atoms with Gasteiger partial charge in [-0.05, 0) is 18.8 Å². The second kappa shape index (κ2) is 8.89. The lowest BCUT2D eigenvalue weighted by atomic mass is 10.1. The first-order valence-electron chi connectivity index (χ1n) is 6.67. The Hall–Kier alpha value is -2.18. The molecule has 0 aliphatic heterocycles. The van der Waals surface area contributed by atoms with Crippen molar-refractivity contribution in [1.82, 2.24) is 0 Å². The zero-order valence-corrected chi connectivity index (χ0v) is 11.8. The predicted molar refractivity (Wildman–Crippen MR) is 69.8 cm³/mol. The van der Waals surface area contributed by atoms with E-state index in [4.69, 9.17) is 0 Å². The van der Waals surface area contributed by atoms with E-state index in [0.717, 1.165) is 44.9 Å². The summed E-state index contributed by atoms with van der Waals surface area (Å²) in [7, 11) is 1.16. The minimum atomic E-state index is -0.933. The van der Waals surface area contributed by atoms with Gasteiger partial charge in [0.25, 0.3) is 0 Å². The molecule has 1 rings (SSSR count). The molecule has 0 atom stereocenters. The van der Waals surface area contributed by atoms with Crippen molar-refractivity contribution in [3.8, 4) is 0 Å². The minimum Gasteiger partial charge on any atom is -0.466 e. The lowest BCUT2D eigenvalue weighted by Crippen LogP contribution is -2.20. The molecule has 7 nitrogen and oxygen atoms in total. The van der Waals surface area contributed by atoms with Crippen molar-refractivity contribution >= 4 is 23.9 Å². The molecule has 0 bridgehead atoms. The highest BCUT2D eigenvalue weighted by Crippen LogP contribution is 2.27. The Morgan fingerprint density at radius 1 is 1.00 bits per heavy atom. The number of hydrogen-bond donors (Lipinski definition) is 0. The quantitative estimate of drug-likeness (QED) is 0.311. The summed E-state index contributed by atoms with van der Waals surface area (Å²) >= 11 is 0. The molecule has 0 saturated heterocycles. The van der Waals surface area contributed by atoms with Gasteiger partial charge in [0.05, 0.1) is 7.11 Å². The van der Waals surface area contributed by atoms with Crippen LogP contribution in [-0.4, -0.2) is 37.6 Å². The standard InChI is InChI=1S/C14H18O7/c1-19-11(15)6-7-12(16)20-9-14(18)21-13(17)8-10-4-2-3-5-10/h6-7,10H,2-5,8-9H2,1H3/b7-6-. The summed E-state index contributed by atoms with van der Waals surface area (Å²) in [4.78, 5) is 44.6. The maximum absolute atomic E-state index is 11.4. The second-order valence-corrected chi connectivity index (χ2v) is 4.66. The molecular formula is C14H18O7. The largest absolute Gasteiger partial charge is 0.466 e. The average molecular weight is 298 g/mol. The molecule has 0 aromatic rings. The molecule has 0 aromatic heterocycles. The Morgan fingerprint density at radius 3 is 2.24 bits per heavy atom. The summed E-state index contributed by atoms with van der Waals surface area (Å²) in [5.41, 5.74) is 0. The first-order chi connectivity index (χ1) is 10.0. The summed E-state index contributed by atoms with van der Waals surface area (Å²) in [6.07, 6.45) is 6.01. The molecule has 0 aromatic carbocycles. The third-order valence-corrected chi connectivity index (χ3v) is 3.05. The van der Waals surface area contributed by atoms with Crippen LogP contribution in [-0.2, 0) is 33.4 Å². The molecule has 1 aliphatic carbocycles. The highest BCUT2D eigenvalue weighted by molar-refractivity contribution is 5.93. The maximum Gasteiger partial charge on any atom is 0.351 e. The van der Waals surface area contributed by atoms with Gasteiger partial charge in [-0.15, -0.1) is 0 Å². The highest BCUT2D eigenvalue weighted by atomic mass is 16.6. The first-order valence-corrected chi connectivity index (χ1v) is 6.67. The fourth-order valence-electron chi connectivity index (χ4n) is 2.03. The maximum atomic E-state index is 11.4. The van der Waals surface area contributed by atoms with Gasteiger partial charge in [-0.3, -0.25) is 4.79 Å². The summed E-state index contributed by atoms with van der Waals surface area (Å²) in [5, 5.41) is 0. The Balaban J connectivity index is 2.20. The van der Waals surface area contributed by atoms with E-state index in [0.29, 0.717) is 0 Å². The van der Waals surface area contributed by atoms with Crippen LogP contribution < -0.4 is 0 Å². The smallest absolute Gasteiger partial charge is 0.351 e. The topological polar surface area (TPSA) is 96.0 Å². The van der Waals surface area contributed by atoms with Gasteiger partial charge in [-0.25, -0.2) is 14.4 Å². The van der Waals surface area contributed by atoms with Gasteiger partial charge in [-0.2, -0.15) is 0 Å². The van der Waals surface area contributed by atoms with Crippen LogP contribution in [0.3, 0.4) is 0 Å². The van der Waals surface area contributed by atoms with Gasteiger partial charge in [0.2, 0.25) is 0 Å². The number of carbonyl (C=O) groups is 4. The fourth-order valence-corrected chi connectivity index (χ4v) is 2.03. The van der Waals surface area contributed by atoms with Crippen LogP contribution in [0.5, 0.6) is 0 Å². The van der Waals surface area contributed by atoms with E-state index in [1.165, 1.54) is 0 Å². The summed E-state index contributed by atoms with van der Waals surface area (Å²) in [5.74, 6) is -2.89. The molecule has 1 aliphatic rings. The van der Waals surface area contributed by atoms with Crippen LogP contribution in [0.15, 0.2) is 12.2 Å². The number of carbonyl (C=O) groups excluding carboxylic acids is 4. The molecule has 0 heterocycles. The average Bonchev–Trinajstić information content (AvgIpc) is 2.95. The van der Waals surface area contributed by atoms with Crippen molar-refractivity contribution in [2.24, 2.45) is 5.92 Å². The Labute approximate surface area is 122 Å². The molecule has 0 spiro atoms. The molecule has 0 N–H and O–H groups in total. The van der Waals surface area contributed by atoms with Crippen LogP contribution in [0.25, 0.3) is 0 Å². The third-order valence-electron chi connectivity index (χ3n) is 3.05. The van der Waals surface area contributed by atoms with E-state index in [9.17, 15) is 19.2 Å². The van der Waals surface area contributed by atoms with Gasteiger partial charge in [-0.1, -0.05) is 12.8 Å². The lowest BCUT2D eigenvalue weighted by molar-refractivity contribution is -0.166. The van der Waals surface area contributed by atoms with Crippen molar-refractivity contribution in [1.29, 1.82) is 0 Å². The molecule has 0 radical (unpaired) electrons. The lowest BCUT2D eigenvalue weighted by Gasteiger charge is -2.07. The van der Waals surface area contributed by atoms with Crippen molar-refractivity contribution in [2.75, 3.05) is 13.7 Å².